The topological polar surface area (TPSA) is 92.7 Å². The van der Waals surface area contributed by atoms with E-state index in [1.54, 1.807) is 42.1 Å². The summed E-state index contributed by atoms with van der Waals surface area (Å²) < 4.78 is 45.0. The third-order valence-electron chi connectivity index (χ3n) is 7.59. The van der Waals surface area contributed by atoms with E-state index < -0.39 is 34.5 Å². The summed E-state index contributed by atoms with van der Waals surface area (Å²) in [6.07, 6.45) is -1.58. The Bertz CT molecular complexity index is 2380. The maximum absolute atomic E-state index is 14.3. The third-order valence-corrected chi connectivity index (χ3v) is 8.69. The lowest BCUT2D eigenvalue weighted by atomic mass is 10.1. The highest BCUT2D eigenvalue weighted by Gasteiger charge is 2.34. The van der Waals surface area contributed by atoms with Crippen molar-refractivity contribution < 1.29 is 18.0 Å². The zero-order valence-electron chi connectivity index (χ0n) is 25.6. The fourth-order valence-corrected chi connectivity index (χ4v) is 6.24. The van der Waals surface area contributed by atoms with Crippen molar-refractivity contribution in [3.8, 4) is 28.7 Å². The van der Waals surface area contributed by atoms with Crippen LogP contribution in [-0.4, -0.2) is 20.3 Å². The van der Waals surface area contributed by atoms with E-state index in [1.807, 2.05) is 67.6 Å². The SMILES string of the molecule is Cc1ccc(-c2nn(-c3ccccc3)cc2/C=c2\s/c(=C(\C#N)C(=O)Nc3ccccc3C)n(-c3ccccc3C(F)(F)F)c2=O)cc1. The molecule has 0 bridgehead atoms. The molecule has 0 saturated heterocycles. The Morgan fingerprint density at radius 2 is 1.58 bits per heavy atom. The number of nitrogens with one attached hydrogen (secondary N) is 1. The lowest BCUT2D eigenvalue weighted by molar-refractivity contribution is -0.137. The summed E-state index contributed by atoms with van der Waals surface area (Å²) in [5.41, 5.74) is 1.75. The molecule has 0 aliphatic rings. The van der Waals surface area contributed by atoms with E-state index in [-0.39, 0.29) is 9.20 Å². The van der Waals surface area contributed by atoms with Gasteiger partial charge < -0.3 is 5.32 Å². The number of para-hydroxylation sites is 3. The van der Waals surface area contributed by atoms with E-state index in [2.05, 4.69) is 5.32 Å². The summed E-state index contributed by atoms with van der Waals surface area (Å²) in [7, 11) is 0. The van der Waals surface area contributed by atoms with E-state index in [1.165, 1.54) is 18.2 Å². The molecule has 0 aliphatic heterocycles. The van der Waals surface area contributed by atoms with Gasteiger partial charge in [-0.05, 0) is 55.8 Å². The Labute approximate surface area is 276 Å². The van der Waals surface area contributed by atoms with Crippen LogP contribution in [0.15, 0.2) is 114 Å². The number of aryl methyl sites for hydroxylation is 2. The van der Waals surface area contributed by atoms with Crippen LogP contribution in [-0.2, 0) is 11.0 Å². The molecule has 1 N–H and O–H groups in total. The van der Waals surface area contributed by atoms with Crippen molar-refractivity contribution in [2.24, 2.45) is 0 Å². The lowest BCUT2D eigenvalue weighted by Crippen LogP contribution is -2.33. The Balaban J connectivity index is 1.65. The van der Waals surface area contributed by atoms with Gasteiger partial charge in [-0.15, -0.1) is 11.3 Å². The summed E-state index contributed by atoms with van der Waals surface area (Å²) in [6.45, 7) is 3.71. The number of aromatic nitrogens is 3. The number of hydrogen-bond donors (Lipinski definition) is 1. The number of hydrogen-bond acceptors (Lipinski definition) is 5. The van der Waals surface area contributed by atoms with Crippen molar-refractivity contribution in [3.63, 3.8) is 0 Å². The zero-order valence-corrected chi connectivity index (χ0v) is 26.4. The highest BCUT2D eigenvalue weighted by atomic mass is 32.1. The molecule has 2 aromatic heterocycles. The van der Waals surface area contributed by atoms with Gasteiger partial charge in [0.15, 0.2) is 5.57 Å². The van der Waals surface area contributed by atoms with E-state index in [4.69, 9.17) is 5.10 Å². The van der Waals surface area contributed by atoms with Gasteiger partial charge in [0, 0.05) is 23.0 Å². The van der Waals surface area contributed by atoms with Crippen molar-refractivity contribution >= 4 is 34.6 Å². The Kier molecular flexibility index (Phi) is 8.67. The molecule has 0 saturated carbocycles. The fraction of sp³-hybridized carbons (Fsp3) is 0.0811. The maximum Gasteiger partial charge on any atom is 0.418 e. The van der Waals surface area contributed by atoms with Crippen LogP contribution in [0.1, 0.15) is 22.3 Å². The van der Waals surface area contributed by atoms with E-state index in [0.717, 1.165) is 44.9 Å². The third kappa shape index (κ3) is 6.34. The second-order valence-electron chi connectivity index (χ2n) is 10.9. The minimum Gasteiger partial charge on any atom is -0.321 e. The molecular weight excluding hydrogens is 636 g/mol. The number of anilines is 1. The molecule has 0 fully saturated rings. The van der Waals surface area contributed by atoms with Crippen LogP contribution >= 0.6 is 11.3 Å². The van der Waals surface area contributed by atoms with Crippen molar-refractivity contribution in [3.05, 3.63) is 151 Å². The van der Waals surface area contributed by atoms with E-state index >= 15 is 0 Å². The van der Waals surface area contributed by atoms with Gasteiger partial charge in [0.05, 0.1) is 27.2 Å². The number of amides is 1. The summed E-state index contributed by atoms with van der Waals surface area (Å²) in [5, 5.41) is 17.7. The van der Waals surface area contributed by atoms with Crippen molar-refractivity contribution in [2.75, 3.05) is 5.32 Å². The zero-order chi connectivity index (χ0) is 34.0. The number of halogens is 3. The van der Waals surface area contributed by atoms with E-state index in [9.17, 15) is 28.0 Å². The Morgan fingerprint density at radius 3 is 2.27 bits per heavy atom. The van der Waals surface area contributed by atoms with Gasteiger partial charge in [-0.1, -0.05) is 78.4 Å². The van der Waals surface area contributed by atoms with Crippen LogP contribution in [0.2, 0.25) is 0 Å². The predicted octanol–water partition coefficient (Wildman–Crippen LogP) is 6.53. The number of nitrogens with zero attached hydrogens (tertiary/aromatic N) is 4. The molecule has 4 aromatic carbocycles. The molecule has 7 nitrogen and oxygen atoms in total. The molecule has 6 rings (SSSR count). The highest BCUT2D eigenvalue weighted by molar-refractivity contribution is 7.07. The van der Waals surface area contributed by atoms with Gasteiger partial charge in [0.2, 0.25) is 0 Å². The Hall–Kier alpha value is -5.99. The van der Waals surface area contributed by atoms with Crippen LogP contribution in [0, 0.1) is 25.2 Å². The molecule has 1 amide bonds. The first kappa shape index (κ1) is 32.0. The number of nitriles is 1. The first-order valence-corrected chi connectivity index (χ1v) is 15.5. The highest BCUT2D eigenvalue weighted by Crippen LogP contribution is 2.33. The normalized spacial score (nSPS) is 12.5. The van der Waals surface area contributed by atoms with Gasteiger partial charge in [-0.3, -0.25) is 14.2 Å². The predicted molar refractivity (Wildman–Crippen MR) is 180 cm³/mol. The van der Waals surface area contributed by atoms with Crippen LogP contribution in [0.4, 0.5) is 18.9 Å². The number of carbonyl (C=O) groups excluding carboxylic acids is 1. The lowest BCUT2D eigenvalue weighted by Gasteiger charge is -2.13. The van der Waals surface area contributed by atoms with Crippen LogP contribution < -0.4 is 20.1 Å². The summed E-state index contributed by atoms with van der Waals surface area (Å²) >= 11 is 0.752. The fourth-order valence-electron chi connectivity index (χ4n) is 5.15. The standard InChI is InChI=1S/C37H26F3N5O2S/c1-23-16-18-25(19-17-23)33-26(22-44(43-33)27-11-4-3-5-12-27)20-32-35(47)45(31-15-9-7-13-29(31)37(38,39)40)36(48-32)28(21-41)34(46)42-30-14-8-6-10-24(30)2/h3-20,22H,1-2H3,(H,42,46)/b32-20-,36-28+. The molecule has 11 heteroatoms. The second kappa shape index (κ2) is 13.0. The molecule has 0 radical (unpaired) electrons. The number of thiazole rings is 1. The molecule has 0 spiro atoms. The van der Waals surface area contributed by atoms with Gasteiger partial charge in [-0.25, -0.2) is 4.68 Å². The molecular formula is C37H26F3N5O2S. The largest absolute Gasteiger partial charge is 0.418 e. The molecule has 238 valence electrons. The van der Waals surface area contributed by atoms with Gasteiger partial charge in [0.1, 0.15) is 10.7 Å². The first-order valence-electron chi connectivity index (χ1n) is 14.7. The van der Waals surface area contributed by atoms with Gasteiger partial charge >= 0.3 is 6.18 Å². The van der Waals surface area contributed by atoms with Crippen LogP contribution in [0.5, 0.6) is 0 Å². The molecule has 0 atom stereocenters. The quantitative estimate of drug-likeness (QED) is 0.220. The maximum atomic E-state index is 14.3. The van der Waals surface area contributed by atoms with Crippen LogP contribution in [0.3, 0.4) is 0 Å². The molecule has 0 unspecified atom stereocenters. The number of carbonyl (C=O) groups is 1. The summed E-state index contributed by atoms with van der Waals surface area (Å²) in [5.74, 6) is -0.866. The first-order chi connectivity index (χ1) is 23.0. The van der Waals surface area contributed by atoms with Crippen molar-refractivity contribution in [2.45, 2.75) is 20.0 Å². The minimum absolute atomic E-state index is 0.000562. The summed E-state index contributed by atoms with van der Waals surface area (Å²) in [6, 6.07) is 30.2. The van der Waals surface area contributed by atoms with Gasteiger partial charge in [0.25, 0.3) is 11.5 Å². The van der Waals surface area contributed by atoms with Crippen molar-refractivity contribution in [1.82, 2.24) is 14.3 Å². The van der Waals surface area contributed by atoms with Gasteiger partial charge in [-0.2, -0.15) is 23.5 Å². The number of alkyl halides is 3. The monoisotopic (exact) mass is 661 g/mol. The van der Waals surface area contributed by atoms with E-state index in [0.29, 0.717) is 22.5 Å². The summed E-state index contributed by atoms with van der Waals surface area (Å²) in [4.78, 5) is 27.7. The number of rotatable bonds is 6. The Morgan fingerprint density at radius 1 is 0.917 bits per heavy atom. The minimum atomic E-state index is -4.83. The average molecular weight is 662 g/mol. The average Bonchev–Trinajstić information content (AvgIpc) is 3.63. The molecule has 6 aromatic rings. The number of benzene rings is 4. The molecule has 0 aliphatic carbocycles. The molecule has 48 heavy (non-hydrogen) atoms. The smallest absolute Gasteiger partial charge is 0.321 e. The van der Waals surface area contributed by atoms with Crippen LogP contribution in [0.25, 0.3) is 34.3 Å². The van der Waals surface area contributed by atoms with Crippen molar-refractivity contribution in [1.29, 1.82) is 5.26 Å². The molecule has 2 heterocycles. The second-order valence-corrected chi connectivity index (χ2v) is 11.9.